The summed E-state index contributed by atoms with van der Waals surface area (Å²) in [6.45, 7) is 7.88. The van der Waals surface area contributed by atoms with Crippen molar-refractivity contribution in [3.05, 3.63) is 124 Å². The van der Waals surface area contributed by atoms with Crippen LogP contribution in [0.3, 0.4) is 0 Å². The van der Waals surface area contributed by atoms with E-state index in [9.17, 15) is 18.0 Å². The van der Waals surface area contributed by atoms with Gasteiger partial charge in [-0.25, -0.2) is 8.42 Å². The molecule has 2 amide bonds. The molecule has 0 saturated heterocycles. The molecular weight excluding hydrogens is 669 g/mol. The number of hydrogen-bond acceptors (Lipinski definition) is 5. The van der Waals surface area contributed by atoms with E-state index in [1.54, 1.807) is 54.6 Å². The molecule has 0 heterocycles. The minimum Gasteiger partial charge on any atom is -0.494 e. The molecule has 0 aromatic heterocycles. The van der Waals surface area contributed by atoms with Crippen LogP contribution in [-0.4, -0.2) is 50.9 Å². The Morgan fingerprint density at radius 2 is 1.56 bits per heavy atom. The van der Waals surface area contributed by atoms with E-state index in [1.165, 1.54) is 17.0 Å². The summed E-state index contributed by atoms with van der Waals surface area (Å²) >= 11 is 12.8. The third kappa shape index (κ3) is 9.75. The van der Waals surface area contributed by atoms with Crippen LogP contribution < -0.4 is 14.4 Å². The second-order valence-corrected chi connectivity index (χ2v) is 14.6. The SMILES string of the molecule is CCOc1ccc(S(=O)(=O)N(CC(=O)N(Cc2ccc(Cl)cc2Cl)[C@@H](Cc2ccccc2)C(=O)NCC(C)C)c2ccc(C)cc2)cc1. The lowest BCUT2D eigenvalue weighted by molar-refractivity contribution is -0.140. The van der Waals surface area contributed by atoms with Gasteiger partial charge in [0.15, 0.2) is 0 Å². The standard InChI is InChI=1S/C37H41Cl2N3O5S/c1-5-47-32-17-19-33(20-18-32)48(45,46)42(31-15-11-27(4)12-16-31)25-36(43)41(24-29-13-14-30(38)22-34(29)39)35(37(44)40-23-26(2)3)21-28-9-7-6-8-10-28/h6-20,22,26,35H,5,21,23-25H2,1-4H3,(H,40,44)/t35-/m0/s1. The number of halogens is 2. The summed E-state index contributed by atoms with van der Waals surface area (Å²) in [7, 11) is -4.25. The summed E-state index contributed by atoms with van der Waals surface area (Å²) in [5, 5.41) is 3.72. The van der Waals surface area contributed by atoms with Crippen molar-refractivity contribution in [2.24, 2.45) is 5.92 Å². The monoisotopic (exact) mass is 709 g/mol. The van der Waals surface area contributed by atoms with Crippen molar-refractivity contribution in [1.82, 2.24) is 10.2 Å². The zero-order valence-electron chi connectivity index (χ0n) is 27.5. The number of rotatable bonds is 15. The van der Waals surface area contributed by atoms with Crippen LogP contribution in [0, 0.1) is 12.8 Å². The van der Waals surface area contributed by atoms with Crippen molar-refractivity contribution in [2.75, 3.05) is 24.0 Å². The van der Waals surface area contributed by atoms with Crippen LogP contribution >= 0.6 is 23.2 Å². The van der Waals surface area contributed by atoms with Crippen LogP contribution in [0.2, 0.25) is 10.0 Å². The lowest BCUT2D eigenvalue weighted by Gasteiger charge is -2.34. The lowest BCUT2D eigenvalue weighted by Crippen LogP contribution is -2.53. The number of aryl methyl sites for hydroxylation is 1. The van der Waals surface area contributed by atoms with Gasteiger partial charge in [-0.3, -0.25) is 13.9 Å². The normalized spacial score (nSPS) is 12.0. The Morgan fingerprint density at radius 1 is 0.896 bits per heavy atom. The fourth-order valence-electron chi connectivity index (χ4n) is 5.05. The first-order chi connectivity index (χ1) is 22.9. The van der Waals surface area contributed by atoms with E-state index in [1.807, 2.05) is 58.0 Å². The molecule has 0 fully saturated rings. The predicted octanol–water partition coefficient (Wildman–Crippen LogP) is 7.31. The van der Waals surface area contributed by atoms with Gasteiger partial charge < -0.3 is 15.0 Å². The Bertz CT molecular complexity index is 1780. The molecule has 254 valence electrons. The number of nitrogens with zero attached hydrogens (tertiary/aromatic N) is 2. The van der Waals surface area contributed by atoms with Crippen molar-refractivity contribution < 1.29 is 22.7 Å². The molecule has 0 aliphatic carbocycles. The number of sulfonamides is 1. The number of amides is 2. The first-order valence-corrected chi connectivity index (χ1v) is 18.0. The Balaban J connectivity index is 1.81. The first kappa shape index (κ1) is 36.8. The number of anilines is 1. The van der Waals surface area contributed by atoms with Gasteiger partial charge in [-0.2, -0.15) is 0 Å². The van der Waals surface area contributed by atoms with E-state index < -0.39 is 28.5 Å². The predicted molar refractivity (Wildman–Crippen MR) is 192 cm³/mol. The second-order valence-electron chi connectivity index (χ2n) is 11.9. The van der Waals surface area contributed by atoms with Crippen LogP contribution in [0.4, 0.5) is 5.69 Å². The third-order valence-electron chi connectivity index (χ3n) is 7.63. The Labute approximate surface area is 293 Å². The Hall–Kier alpha value is -4.05. The summed E-state index contributed by atoms with van der Waals surface area (Å²) in [5.74, 6) is -0.256. The van der Waals surface area contributed by atoms with E-state index in [0.29, 0.717) is 40.2 Å². The highest BCUT2D eigenvalue weighted by Crippen LogP contribution is 2.28. The molecule has 4 aromatic carbocycles. The highest BCUT2D eigenvalue weighted by molar-refractivity contribution is 7.92. The average molecular weight is 711 g/mol. The van der Waals surface area contributed by atoms with Crippen LogP contribution in [0.15, 0.2) is 102 Å². The van der Waals surface area contributed by atoms with Crippen LogP contribution in [0.25, 0.3) is 0 Å². The average Bonchev–Trinajstić information content (AvgIpc) is 3.06. The summed E-state index contributed by atoms with van der Waals surface area (Å²) < 4.78 is 35.1. The molecule has 0 bridgehead atoms. The smallest absolute Gasteiger partial charge is 0.264 e. The van der Waals surface area contributed by atoms with E-state index in [4.69, 9.17) is 27.9 Å². The first-order valence-electron chi connectivity index (χ1n) is 15.8. The molecule has 0 radical (unpaired) electrons. The highest BCUT2D eigenvalue weighted by Gasteiger charge is 2.35. The molecule has 4 aromatic rings. The maximum absolute atomic E-state index is 14.6. The molecule has 4 rings (SSSR count). The number of benzene rings is 4. The van der Waals surface area contributed by atoms with Crippen molar-refractivity contribution in [1.29, 1.82) is 0 Å². The number of carbonyl (C=O) groups excluding carboxylic acids is 2. The zero-order valence-corrected chi connectivity index (χ0v) is 29.9. The summed E-state index contributed by atoms with van der Waals surface area (Å²) in [4.78, 5) is 29.9. The fraction of sp³-hybridized carbons (Fsp3) is 0.297. The molecule has 0 aliphatic heterocycles. The van der Waals surface area contributed by atoms with Gasteiger partial charge in [-0.05, 0) is 79.4 Å². The molecule has 0 saturated carbocycles. The number of carbonyl (C=O) groups is 2. The van der Waals surface area contributed by atoms with Gasteiger partial charge in [0, 0.05) is 29.6 Å². The third-order valence-corrected chi connectivity index (χ3v) is 10.0. The van der Waals surface area contributed by atoms with Gasteiger partial charge in [-0.15, -0.1) is 0 Å². The van der Waals surface area contributed by atoms with Crippen molar-refractivity contribution in [2.45, 2.75) is 51.6 Å². The minimum absolute atomic E-state index is 0.0119. The molecule has 0 unspecified atom stereocenters. The quantitative estimate of drug-likeness (QED) is 0.140. The van der Waals surface area contributed by atoms with E-state index in [2.05, 4.69) is 5.32 Å². The maximum Gasteiger partial charge on any atom is 0.264 e. The van der Waals surface area contributed by atoms with Gasteiger partial charge in [-0.1, -0.05) is 91.1 Å². The molecule has 1 N–H and O–H groups in total. The molecule has 48 heavy (non-hydrogen) atoms. The van der Waals surface area contributed by atoms with Crippen LogP contribution in [0.5, 0.6) is 5.75 Å². The molecular formula is C37H41Cl2N3O5S. The van der Waals surface area contributed by atoms with Gasteiger partial charge >= 0.3 is 0 Å². The summed E-state index contributed by atoms with van der Waals surface area (Å²) in [5.41, 5.74) is 2.61. The Morgan fingerprint density at radius 3 is 2.17 bits per heavy atom. The largest absolute Gasteiger partial charge is 0.494 e. The van der Waals surface area contributed by atoms with E-state index in [0.717, 1.165) is 15.4 Å². The van der Waals surface area contributed by atoms with E-state index >= 15 is 0 Å². The maximum atomic E-state index is 14.6. The summed E-state index contributed by atoms with van der Waals surface area (Å²) in [6, 6.07) is 26.3. The van der Waals surface area contributed by atoms with Crippen LogP contribution in [-0.2, 0) is 32.6 Å². The molecule has 11 heteroatoms. The molecule has 8 nitrogen and oxygen atoms in total. The van der Waals surface area contributed by atoms with Gasteiger partial charge in [0.1, 0.15) is 18.3 Å². The summed E-state index contributed by atoms with van der Waals surface area (Å²) in [6.07, 6.45) is 0.192. The van der Waals surface area contributed by atoms with Gasteiger partial charge in [0.05, 0.1) is 17.2 Å². The second kappa shape index (κ2) is 16.9. The topological polar surface area (TPSA) is 96.0 Å². The number of hydrogen-bond donors (Lipinski definition) is 1. The van der Waals surface area contributed by atoms with Crippen LogP contribution in [0.1, 0.15) is 37.5 Å². The van der Waals surface area contributed by atoms with Crippen molar-refractivity contribution >= 4 is 50.7 Å². The van der Waals surface area contributed by atoms with Gasteiger partial charge in [0.2, 0.25) is 11.8 Å². The molecule has 0 aliphatic rings. The fourth-order valence-corrected chi connectivity index (χ4v) is 6.93. The van der Waals surface area contributed by atoms with Crippen molar-refractivity contribution in [3.8, 4) is 5.75 Å². The number of ether oxygens (including phenoxy) is 1. The van der Waals surface area contributed by atoms with Crippen molar-refractivity contribution in [3.63, 3.8) is 0 Å². The highest BCUT2D eigenvalue weighted by atomic mass is 35.5. The molecule has 1 atom stereocenters. The lowest BCUT2D eigenvalue weighted by atomic mass is 10.0. The zero-order chi connectivity index (χ0) is 34.8. The van der Waals surface area contributed by atoms with E-state index in [-0.39, 0.29) is 29.7 Å². The Kier molecular flexibility index (Phi) is 12.9. The van der Waals surface area contributed by atoms with Gasteiger partial charge in [0.25, 0.3) is 10.0 Å². The molecule has 0 spiro atoms. The number of nitrogens with one attached hydrogen (secondary N) is 1. The minimum atomic E-state index is -4.25.